The van der Waals surface area contributed by atoms with Gasteiger partial charge in [-0.25, -0.2) is 8.78 Å². The lowest BCUT2D eigenvalue weighted by atomic mass is 10.1. The number of ketones is 1. The van der Waals surface area contributed by atoms with Crippen LogP contribution in [-0.2, 0) is 11.3 Å². The number of amides is 1. The summed E-state index contributed by atoms with van der Waals surface area (Å²) in [5.41, 5.74) is 1.02. The smallest absolute Gasteiger partial charge is 0.234 e. The van der Waals surface area contributed by atoms with Crippen LogP contribution in [0, 0.1) is 11.6 Å². The number of hydrogen-bond donors (Lipinski definition) is 1. The van der Waals surface area contributed by atoms with Gasteiger partial charge in [-0.05, 0) is 38.1 Å². The Balaban J connectivity index is 1.68. The van der Waals surface area contributed by atoms with Crippen molar-refractivity contribution in [2.45, 2.75) is 31.7 Å². The first-order chi connectivity index (χ1) is 15.8. The van der Waals surface area contributed by atoms with Gasteiger partial charge in [0, 0.05) is 23.9 Å². The quantitative estimate of drug-likeness (QED) is 0.259. The summed E-state index contributed by atoms with van der Waals surface area (Å²) < 4.78 is 34.4. The average molecular weight is 473 g/mol. The molecule has 0 aliphatic heterocycles. The SMILES string of the molecule is C=CCn1c(SCC(=O)Nc2cccc(C(C)=O)c2)nnc1C(C)Oc1ccc(F)cc1F. The van der Waals surface area contributed by atoms with Gasteiger partial charge in [-0.1, -0.05) is 30.0 Å². The topological polar surface area (TPSA) is 86.1 Å². The molecule has 7 nitrogen and oxygen atoms in total. The van der Waals surface area contributed by atoms with E-state index in [1.54, 1.807) is 41.8 Å². The summed E-state index contributed by atoms with van der Waals surface area (Å²) in [7, 11) is 0. The van der Waals surface area contributed by atoms with E-state index in [0.717, 1.165) is 23.9 Å². The zero-order chi connectivity index (χ0) is 24.0. The monoisotopic (exact) mass is 472 g/mol. The number of carbonyl (C=O) groups is 2. The van der Waals surface area contributed by atoms with Crippen LogP contribution in [0.1, 0.15) is 36.1 Å². The highest BCUT2D eigenvalue weighted by Crippen LogP contribution is 2.27. The van der Waals surface area contributed by atoms with Crippen LogP contribution in [0.25, 0.3) is 0 Å². The Kier molecular flexibility index (Phi) is 7.94. The molecule has 0 bridgehead atoms. The third-order valence-electron chi connectivity index (χ3n) is 4.50. The van der Waals surface area contributed by atoms with Gasteiger partial charge in [-0.2, -0.15) is 0 Å². The van der Waals surface area contributed by atoms with Gasteiger partial charge in [0.2, 0.25) is 5.91 Å². The normalized spacial score (nSPS) is 11.6. The number of rotatable bonds is 10. The second-order valence-electron chi connectivity index (χ2n) is 7.05. The maximum atomic E-state index is 13.9. The Morgan fingerprint density at radius 2 is 2.03 bits per heavy atom. The second kappa shape index (κ2) is 10.9. The zero-order valence-corrected chi connectivity index (χ0v) is 18.9. The maximum Gasteiger partial charge on any atom is 0.234 e. The highest BCUT2D eigenvalue weighted by Gasteiger charge is 2.21. The predicted octanol–water partition coefficient (Wildman–Crippen LogP) is 4.82. The molecule has 0 saturated carbocycles. The molecule has 33 heavy (non-hydrogen) atoms. The van der Waals surface area contributed by atoms with E-state index in [9.17, 15) is 18.4 Å². The number of benzene rings is 2. The Morgan fingerprint density at radius 1 is 1.24 bits per heavy atom. The fourth-order valence-corrected chi connectivity index (χ4v) is 3.72. The molecule has 1 amide bonds. The van der Waals surface area contributed by atoms with Gasteiger partial charge < -0.3 is 10.1 Å². The molecular formula is C23H22F2N4O3S. The van der Waals surface area contributed by atoms with E-state index in [-0.39, 0.29) is 23.2 Å². The number of hydrogen-bond acceptors (Lipinski definition) is 6. The number of aromatic nitrogens is 3. The van der Waals surface area contributed by atoms with Gasteiger partial charge in [-0.15, -0.1) is 16.8 Å². The average Bonchev–Trinajstić information content (AvgIpc) is 3.17. The van der Waals surface area contributed by atoms with Crippen LogP contribution >= 0.6 is 11.8 Å². The lowest BCUT2D eigenvalue weighted by Gasteiger charge is -2.16. The number of thioether (sulfide) groups is 1. The first-order valence-electron chi connectivity index (χ1n) is 9.97. The molecule has 0 radical (unpaired) electrons. The third kappa shape index (κ3) is 6.26. The van der Waals surface area contributed by atoms with Gasteiger partial charge in [0.25, 0.3) is 0 Å². The van der Waals surface area contributed by atoms with E-state index in [1.807, 2.05) is 0 Å². The van der Waals surface area contributed by atoms with Gasteiger partial charge in [-0.3, -0.25) is 14.2 Å². The Labute approximate surface area is 193 Å². The Morgan fingerprint density at radius 3 is 2.73 bits per heavy atom. The standard InChI is InChI=1S/C23H22F2N4O3S/c1-4-10-29-22(15(3)32-20-9-8-17(24)12-19(20)25)27-28-23(29)33-13-21(31)26-18-7-5-6-16(11-18)14(2)30/h4-9,11-12,15H,1,10,13H2,2-3H3,(H,26,31). The largest absolute Gasteiger partial charge is 0.480 e. The Bertz CT molecular complexity index is 1180. The first kappa shape index (κ1) is 24.1. The molecule has 2 aromatic carbocycles. The molecule has 10 heteroatoms. The number of nitrogens with zero attached hydrogens (tertiary/aromatic N) is 3. The summed E-state index contributed by atoms with van der Waals surface area (Å²) >= 11 is 1.16. The zero-order valence-electron chi connectivity index (χ0n) is 18.0. The van der Waals surface area contributed by atoms with E-state index < -0.39 is 17.7 Å². The third-order valence-corrected chi connectivity index (χ3v) is 5.47. The molecule has 0 aliphatic carbocycles. The van der Waals surface area contributed by atoms with E-state index in [4.69, 9.17) is 4.74 Å². The van der Waals surface area contributed by atoms with Crippen LogP contribution in [-0.4, -0.2) is 32.2 Å². The molecule has 0 saturated heterocycles. The summed E-state index contributed by atoms with van der Waals surface area (Å²) in [5, 5.41) is 11.4. The number of halogens is 2. The summed E-state index contributed by atoms with van der Waals surface area (Å²) in [6, 6.07) is 9.72. The maximum absolute atomic E-state index is 13.9. The molecule has 172 valence electrons. The van der Waals surface area contributed by atoms with E-state index >= 15 is 0 Å². The van der Waals surface area contributed by atoms with Crippen molar-refractivity contribution in [3.05, 3.63) is 78.1 Å². The number of ether oxygens (including phenoxy) is 1. The molecule has 0 aliphatic rings. The van der Waals surface area contributed by atoms with Crippen molar-refractivity contribution in [1.29, 1.82) is 0 Å². The van der Waals surface area contributed by atoms with Crippen LogP contribution in [0.5, 0.6) is 5.75 Å². The van der Waals surface area contributed by atoms with Crippen molar-refractivity contribution in [2.75, 3.05) is 11.1 Å². The number of allylic oxidation sites excluding steroid dienone is 1. The number of nitrogens with one attached hydrogen (secondary N) is 1. The first-order valence-corrected chi connectivity index (χ1v) is 11.0. The van der Waals surface area contributed by atoms with Crippen molar-refractivity contribution < 1.29 is 23.1 Å². The van der Waals surface area contributed by atoms with Crippen LogP contribution in [0.3, 0.4) is 0 Å². The molecule has 1 unspecified atom stereocenters. The lowest BCUT2D eigenvalue weighted by molar-refractivity contribution is -0.113. The molecule has 3 rings (SSSR count). The molecule has 0 fully saturated rings. The predicted molar refractivity (Wildman–Crippen MR) is 121 cm³/mol. The summed E-state index contributed by atoms with van der Waals surface area (Å²) in [5.74, 6) is -1.57. The second-order valence-corrected chi connectivity index (χ2v) is 7.99. The van der Waals surface area contributed by atoms with Gasteiger partial charge in [0.15, 0.2) is 34.4 Å². The molecule has 1 atom stereocenters. The molecule has 0 spiro atoms. The Hall–Kier alpha value is -3.53. The summed E-state index contributed by atoms with van der Waals surface area (Å²) in [6.45, 7) is 7.18. The minimum Gasteiger partial charge on any atom is -0.480 e. The highest BCUT2D eigenvalue weighted by atomic mass is 32.2. The molecule has 1 N–H and O–H groups in total. The molecule has 3 aromatic rings. The minimum absolute atomic E-state index is 0.0431. The number of carbonyl (C=O) groups excluding carboxylic acids is 2. The molecular weight excluding hydrogens is 450 g/mol. The number of Topliss-reactive ketones (excluding diaryl/α,β-unsaturated/α-hetero) is 1. The summed E-state index contributed by atoms with van der Waals surface area (Å²) in [6.07, 6.45) is 0.935. The van der Waals surface area contributed by atoms with Crippen molar-refractivity contribution in [3.8, 4) is 5.75 Å². The van der Waals surface area contributed by atoms with Crippen LogP contribution in [0.2, 0.25) is 0 Å². The fourth-order valence-electron chi connectivity index (χ4n) is 2.97. The van der Waals surface area contributed by atoms with E-state index in [2.05, 4.69) is 22.1 Å². The lowest BCUT2D eigenvalue weighted by Crippen LogP contribution is -2.16. The highest BCUT2D eigenvalue weighted by molar-refractivity contribution is 7.99. The van der Waals surface area contributed by atoms with Crippen molar-refractivity contribution in [3.63, 3.8) is 0 Å². The fraction of sp³-hybridized carbons (Fsp3) is 0.217. The van der Waals surface area contributed by atoms with Crippen LogP contribution < -0.4 is 10.1 Å². The van der Waals surface area contributed by atoms with Gasteiger partial charge in [0.05, 0.1) is 5.75 Å². The molecule has 1 heterocycles. The number of anilines is 1. The van der Waals surface area contributed by atoms with Crippen LogP contribution in [0.15, 0.2) is 60.3 Å². The van der Waals surface area contributed by atoms with Gasteiger partial charge >= 0.3 is 0 Å². The van der Waals surface area contributed by atoms with E-state index in [0.29, 0.717) is 28.8 Å². The minimum atomic E-state index is -0.822. The van der Waals surface area contributed by atoms with Crippen LogP contribution in [0.4, 0.5) is 14.5 Å². The van der Waals surface area contributed by atoms with Crippen molar-refractivity contribution in [1.82, 2.24) is 14.8 Å². The molecule has 1 aromatic heterocycles. The summed E-state index contributed by atoms with van der Waals surface area (Å²) in [4.78, 5) is 23.9. The van der Waals surface area contributed by atoms with E-state index in [1.165, 1.54) is 13.0 Å². The van der Waals surface area contributed by atoms with Crippen molar-refractivity contribution in [2.24, 2.45) is 0 Å². The van der Waals surface area contributed by atoms with Gasteiger partial charge in [0.1, 0.15) is 5.82 Å². The van der Waals surface area contributed by atoms with Crippen molar-refractivity contribution >= 4 is 29.1 Å².